The van der Waals surface area contributed by atoms with Gasteiger partial charge >= 0.3 is 0 Å². The monoisotopic (exact) mass is 314 g/mol. The van der Waals surface area contributed by atoms with Crippen molar-refractivity contribution in [3.63, 3.8) is 0 Å². The number of halogens is 1. The molecule has 1 amide bonds. The smallest absolute Gasteiger partial charge is 0.254 e. The number of benzene rings is 1. The summed E-state index contributed by atoms with van der Waals surface area (Å²) in [6.45, 7) is 3.28. The molecule has 1 aliphatic rings. The number of methoxy groups -OCH3 is 2. The number of rotatable bonds is 3. The molecule has 1 aliphatic heterocycles. The van der Waals surface area contributed by atoms with E-state index in [0.29, 0.717) is 23.6 Å². The van der Waals surface area contributed by atoms with Crippen molar-refractivity contribution in [2.75, 3.05) is 27.3 Å². The molecule has 21 heavy (non-hydrogen) atoms. The molecule has 0 radical (unpaired) electrons. The average Bonchev–Trinajstić information content (AvgIpc) is 2.46. The number of nitrogens with zero attached hydrogens (tertiary/aromatic N) is 1. The minimum Gasteiger partial charge on any atom is -0.493 e. The molecule has 2 N–H and O–H groups in total. The Morgan fingerprint density at radius 2 is 1.90 bits per heavy atom. The van der Waals surface area contributed by atoms with Crippen LogP contribution in [-0.2, 0) is 0 Å². The van der Waals surface area contributed by atoms with Gasteiger partial charge in [0.25, 0.3) is 5.91 Å². The Hall–Kier alpha value is -1.46. The summed E-state index contributed by atoms with van der Waals surface area (Å²) in [6.07, 6.45) is 1.94. The van der Waals surface area contributed by atoms with Crippen LogP contribution in [-0.4, -0.2) is 44.2 Å². The highest BCUT2D eigenvalue weighted by Gasteiger charge is 2.24. The van der Waals surface area contributed by atoms with E-state index in [9.17, 15) is 4.79 Å². The van der Waals surface area contributed by atoms with Crippen LogP contribution in [0.25, 0.3) is 0 Å². The first kappa shape index (κ1) is 17.6. The number of carbonyl (C=O) groups is 1. The lowest BCUT2D eigenvalue weighted by molar-refractivity contribution is 0.0707. The van der Waals surface area contributed by atoms with E-state index in [2.05, 4.69) is 0 Å². The van der Waals surface area contributed by atoms with E-state index in [4.69, 9.17) is 15.2 Å². The van der Waals surface area contributed by atoms with E-state index in [1.807, 2.05) is 17.9 Å². The van der Waals surface area contributed by atoms with E-state index in [0.717, 1.165) is 24.9 Å². The van der Waals surface area contributed by atoms with E-state index in [-0.39, 0.29) is 24.4 Å². The first-order valence-corrected chi connectivity index (χ1v) is 6.84. The van der Waals surface area contributed by atoms with Crippen LogP contribution in [0.15, 0.2) is 12.1 Å². The largest absolute Gasteiger partial charge is 0.493 e. The van der Waals surface area contributed by atoms with Gasteiger partial charge in [-0.3, -0.25) is 4.79 Å². The third kappa shape index (κ3) is 3.80. The molecule has 0 bridgehead atoms. The molecule has 0 saturated carbocycles. The van der Waals surface area contributed by atoms with Crippen LogP contribution in [0.4, 0.5) is 0 Å². The van der Waals surface area contributed by atoms with E-state index < -0.39 is 0 Å². The predicted molar refractivity (Wildman–Crippen MR) is 84.6 cm³/mol. The van der Waals surface area contributed by atoms with Gasteiger partial charge in [-0.2, -0.15) is 0 Å². The first-order chi connectivity index (χ1) is 9.56. The van der Waals surface area contributed by atoms with Crippen LogP contribution >= 0.6 is 12.4 Å². The van der Waals surface area contributed by atoms with Gasteiger partial charge in [-0.15, -0.1) is 12.4 Å². The molecule has 0 aliphatic carbocycles. The lowest BCUT2D eigenvalue weighted by Crippen LogP contribution is -2.45. The zero-order chi connectivity index (χ0) is 14.7. The molecule has 118 valence electrons. The maximum absolute atomic E-state index is 12.6. The molecule has 5 nitrogen and oxygen atoms in total. The van der Waals surface area contributed by atoms with E-state index in [1.165, 1.54) is 0 Å². The van der Waals surface area contributed by atoms with Gasteiger partial charge in [0.1, 0.15) is 0 Å². The number of piperidine rings is 1. The molecule has 0 aromatic heterocycles. The number of likely N-dealkylation sites (tertiary alicyclic amines) is 1. The van der Waals surface area contributed by atoms with Crippen LogP contribution in [0.5, 0.6) is 11.5 Å². The van der Waals surface area contributed by atoms with Gasteiger partial charge in [0, 0.05) is 24.7 Å². The van der Waals surface area contributed by atoms with Gasteiger partial charge in [0.05, 0.1) is 14.2 Å². The molecule has 2 rings (SSSR count). The molecule has 1 aromatic rings. The van der Waals surface area contributed by atoms with E-state index >= 15 is 0 Å². The van der Waals surface area contributed by atoms with Crippen molar-refractivity contribution in [2.24, 2.45) is 5.73 Å². The number of carbonyl (C=O) groups excluding carboxylic acids is 1. The van der Waals surface area contributed by atoms with Gasteiger partial charge in [-0.1, -0.05) is 0 Å². The minimum absolute atomic E-state index is 0. The highest BCUT2D eigenvalue weighted by molar-refractivity contribution is 5.96. The van der Waals surface area contributed by atoms with Gasteiger partial charge in [-0.05, 0) is 37.5 Å². The second kappa shape index (κ2) is 7.52. The molecule has 1 fully saturated rings. The molecular formula is C15H23ClN2O3. The van der Waals surface area contributed by atoms with Crippen molar-refractivity contribution in [2.45, 2.75) is 25.8 Å². The van der Waals surface area contributed by atoms with Crippen LogP contribution in [0.3, 0.4) is 0 Å². The van der Waals surface area contributed by atoms with Gasteiger partial charge < -0.3 is 20.1 Å². The highest BCUT2D eigenvalue weighted by atomic mass is 35.5. The number of nitrogens with two attached hydrogens (primary N) is 1. The summed E-state index contributed by atoms with van der Waals surface area (Å²) in [6, 6.07) is 3.65. The number of ether oxygens (including phenoxy) is 2. The van der Waals surface area contributed by atoms with Gasteiger partial charge in [-0.25, -0.2) is 0 Å². The van der Waals surface area contributed by atoms with Crippen LogP contribution < -0.4 is 15.2 Å². The summed E-state index contributed by atoms with van der Waals surface area (Å²) in [4.78, 5) is 14.4. The topological polar surface area (TPSA) is 64.8 Å². The summed E-state index contributed by atoms with van der Waals surface area (Å²) in [5.74, 6) is 1.22. The second-order valence-electron chi connectivity index (χ2n) is 5.18. The van der Waals surface area contributed by atoms with Crippen molar-refractivity contribution in [3.8, 4) is 11.5 Å². The first-order valence-electron chi connectivity index (χ1n) is 6.84. The third-order valence-corrected chi connectivity index (χ3v) is 3.71. The molecule has 1 atom stereocenters. The van der Waals surface area contributed by atoms with Crippen molar-refractivity contribution >= 4 is 18.3 Å². The van der Waals surface area contributed by atoms with Gasteiger partial charge in [0.2, 0.25) is 0 Å². The van der Waals surface area contributed by atoms with E-state index in [1.54, 1.807) is 20.3 Å². The third-order valence-electron chi connectivity index (χ3n) is 3.71. The summed E-state index contributed by atoms with van der Waals surface area (Å²) >= 11 is 0. The molecule has 1 unspecified atom stereocenters. The van der Waals surface area contributed by atoms with Crippen molar-refractivity contribution in [1.29, 1.82) is 0 Å². The summed E-state index contributed by atoms with van der Waals surface area (Å²) in [5, 5.41) is 0. The molecule has 1 aromatic carbocycles. The Morgan fingerprint density at radius 1 is 1.29 bits per heavy atom. The van der Waals surface area contributed by atoms with Crippen LogP contribution in [0.1, 0.15) is 28.8 Å². The zero-order valence-corrected chi connectivity index (χ0v) is 13.5. The Labute approximate surface area is 131 Å². The van der Waals surface area contributed by atoms with Crippen molar-refractivity contribution in [1.82, 2.24) is 4.90 Å². The maximum atomic E-state index is 12.6. The molecule has 0 spiro atoms. The Bertz CT molecular complexity index is 508. The fourth-order valence-electron chi connectivity index (χ4n) is 2.58. The Kier molecular flexibility index (Phi) is 6.30. The van der Waals surface area contributed by atoms with Crippen LogP contribution in [0.2, 0.25) is 0 Å². The summed E-state index contributed by atoms with van der Waals surface area (Å²) in [7, 11) is 3.15. The summed E-state index contributed by atoms with van der Waals surface area (Å²) < 4.78 is 10.5. The molecular weight excluding hydrogens is 292 g/mol. The number of amides is 1. The second-order valence-corrected chi connectivity index (χ2v) is 5.18. The standard InChI is InChI=1S/C15H22N2O3.ClH/c1-10-7-13(19-2)14(20-3)8-12(10)15(18)17-6-4-5-11(16)9-17;/h7-8,11H,4-6,9,16H2,1-3H3;1H. The van der Waals surface area contributed by atoms with Crippen molar-refractivity contribution < 1.29 is 14.3 Å². The lowest BCUT2D eigenvalue weighted by Gasteiger charge is -2.31. The predicted octanol–water partition coefficient (Wildman–Crippen LogP) is 2.00. The van der Waals surface area contributed by atoms with Crippen LogP contribution in [0, 0.1) is 6.92 Å². The quantitative estimate of drug-likeness (QED) is 0.926. The number of aryl methyl sites for hydroxylation is 1. The normalized spacial score (nSPS) is 17.9. The fraction of sp³-hybridized carbons (Fsp3) is 0.533. The number of hydrogen-bond acceptors (Lipinski definition) is 4. The van der Waals surface area contributed by atoms with Gasteiger partial charge in [0.15, 0.2) is 11.5 Å². The minimum atomic E-state index is 0. The lowest BCUT2D eigenvalue weighted by atomic mass is 10.0. The SMILES string of the molecule is COc1cc(C)c(C(=O)N2CCCC(N)C2)cc1OC.Cl. The Morgan fingerprint density at radius 3 is 2.48 bits per heavy atom. The molecule has 1 heterocycles. The fourth-order valence-corrected chi connectivity index (χ4v) is 2.58. The maximum Gasteiger partial charge on any atom is 0.254 e. The average molecular weight is 315 g/mol. The Balaban J connectivity index is 0.00000220. The molecule has 1 saturated heterocycles. The van der Waals surface area contributed by atoms with Crippen molar-refractivity contribution in [3.05, 3.63) is 23.3 Å². The zero-order valence-electron chi connectivity index (χ0n) is 12.7. The number of hydrogen-bond donors (Lipinski definition) is 1. The molecule has 6 heteroatoms. The highest BCUT2D eigenvalue weighted by Crippen LogP contribution is 2.31. The summed E-state index contributed by atoms with van der Waals surface area (Å²) in [5.41, 5.74) is 7.47.